The van der Waals surface area contributed by atoms with Crippen LogP contribution < -0.4 is 4.90 Å². The fourth-order valence-electron chi connectivity index (χ4n) is 3.86. The van der Waals surface area contributed by atoms with Crippen LogP contribution in [0.1, 0.15) is 16.8 Å². The van der Waals surface area contributed by atoms with Crippen LogP contribution in [-0.2, 0) is 11.3 Å². The van der Waals surface area contributed by atoms with Crippen LogP contribution in [0.15, 0.2) is 65.7 Å². The lowest BCUT2D eigenvalue weighted by atomic mass is 10.1. The van der Waals surface area contributed by atoms with Crippen molar-refractivity contribution in [1.29, 1.82) is 0 Å². The average molecular weight is 446 g/mol. The second kappa shape index (κ2) is 9.10. The molecule has 2 aromatic heterocycles. The number of ether oxygens (including phenoxy) is 1. The van der Waals surface area contributed by atoms with E-state index in [4.69, 9.17) is 26.4 Å². The average Bonchev–Trinajstić information content (AvgIpc) is 3.24. The minimum atomic E-state index is 0.503. The van der Waals surface area contributed by atoms with E-state index in [1.807, 2.05) is 47.1 Å². The summed E-state index contributed by atoms with van der Waals surface area (Å²) in [5.41, 5.74) is 5.90. The van der Waals surface area contributed by atoms with E-state index < -0.39 is 0 Å². The Balaban J connectivity index is 1.50. The van der Waals surface area contributed by atoms with Crippen molar-refractivity contribution in [3.63, 3.8) is 0 Å². The fourth-order valence-corrected chi connectivity index (χ4v) is 3.99. The number of anilines is 1. The SMILES string of the molecule is Cc1cccc(C=NCc2cc(N3CCOCC3)n3nc(-c4ccc(Cl)cc4)cc3n2)c1. The van der Waals surface area contributed by atoms with Gasteiger partial charge in [0.15, 0.2) is 5.65 Å². The predicted molar refractivity (Wildman–Crippen MR) is 129 cm³/mol. The van der Waals surface area contributed by atoms with Crippen molar-refractivity contribution in [1.82, 2.24) is 14.6 Å². The maximum absolute atomic E-state index is 6.06. The van der Waals surface area contributed by atoms with Gasteiger partial charge in [-0.2, -0.15) is 9.61 Å². The maximum Gasteiger partial charge on any atom is 0.158 e. The van der Waals surface area contributed by atoms with Crippen molar-refractivity contribution in [3.8, 4) is 11.3 Å². The third kappa shape index (κ3) is 4.52. The van der Waals surface area contributed by atoms with Gasteiger partial charge in [-0.1, -0.05) is 53.6 Å². The van der Waals surface area contributed by atoms with Crippen molar-refractivity contribution in [2.24, 2.45) is 4.99 Å². The highest BCUT2D eigenvalue weighted by molar-refractivity contribution is 6.30. The summed E-state index contributed by atoms with van der Waals surface area (Å²) in [7, 11) is 0. The molecule has 7 heteroatoms. The molecular weight excluding hydrogens is 422 g/mol. The molecule has 2 aromatic carbocycles. The molecule has 0 amide bonds. The van der Waals surface area contributed by atoms with E-state index in [1.54, 1.807) is 0 Å². The molecule has 32 heavy (non-hydrogen) atoms. The van der Waals surface area contributed by atoms with Crippen LogP contribution in [0, 0.1) is 6.92 Å². The summed E-state index contributed by atoms with van der Waals surface area (Å²) in [4.78, 5) is 11.8. The van der Waals surface area contributed by atoms with Crippen LogP contribution in [0.25, 0.3) is 16.9 Å². The van der Waals surface area contributed by atoms with E-state index in [9.17, 15) is 0 Å². The Hall–Kier alpha value is -3.22. The van der Waals surface area contributed by atoms with Crippen LogP contribution in [0.3, 0.4) is 0 Å². The fraction of sp³-hybridized carbons (Fsp3) is 0.240. The van der Waals surface area contributed by atoms with Gasteiger partial charge in [-0.15, -0.1) is 0 Å². The third-order valence-electron chi connectivity index (χ3n) is 5.47. The monoisotopic (exact) mass is 445 g/mol. The van der Waals surface area contributed by atoms with Crippen LogP contribution in [0.4, 0.5) is 5.82 Å². The highest BCUT2D eigenvalue weighted by atomic mass is 35.5. The Morgan fingerprint density at radius 3 is 2.66 bits per heavy atom. The number of hydrogen-bond acceptors (Lipinski definition) is 5. The van der Waals surface area contributed by atoms with Crippen molar-refractivity contribution < 1.29 is 4.74 Å². The molecule has 0 unspecified atom stereocenters. The summed E-state index contributed by atoms with van der Waals surface area (Å²) in [5, 5.41) is 5.56. The third-order valence-corrected chi connectivity index (χ3v) is 5.72. The van der Waals surface area contributed by atoms with Crippen molar-refractivity contribution >= 4 is 29.3 Å². The smallest absolute Gasteiger partial charge is 0.158 e. The van der Waals surface area contributed by atoms with Gasteiger partial charge in [0, 0.05) is 42.0 Å². The van der Waals surface area contributed by atoms with Gasteiger partial charge in [0.1, 0.15) is 5.82 Å². The minimum absolute atomic E-state index is 0.503. The van der Waals surface area contributed by atoms with Crippen molar-refractivity contribution in [2.75, 3.05) is 31.2 Å². The number of nitrogens with zero attached hydrogens (tertiary/aromatic N) is 5. The first-order valence-corrected chi connectivity index (χ1v) is 11.1. The number of morpholine rings is 1. The largest absolute Gasteiger partial charge is 0.378 e. The molecule has 3 heterocycles. The molecule has 5 rings (SSSR count). The van der Waals surface area contributed by atoms with Gasteiger partial charge >= 0.3 is 0 Å². The Kier molecular flexibility index (Phi) is 5.88. The molecule has 1 fully saturated rings. The molecule has 1 aliphatic heterocycles. The summed E-state index contributed by atoms with van der Waals surface area (Å²) in [6.45, 7) is 5.64. The second-order valence-electron chi connectivity index (χ2n) is 7.90. The summed E-state index contributed by atoms with van der Waals surface area (Å²) in [6.07, 6.45) is 1.91. The molecule has 0 radical (unpaired) electrons. The number of benzene rings is 2. The first-order valence-electron chi connectivity index (χ1n) is 10.7. The summed E-state index contributed by atoms with van der Waals surface area (Å²) in [5.74, 6) is 1.01. The Morgan fingerprint density at radius 2 is 1.88 bits per heavy atom. The van der Waals surface area contributed by atoms with Crippen LogP contribution in [0.2, 0.25) is 5.02 Å². The van der Waals surface area contributed by atoms with E-state index >= 15 is 0 Å². The number of halogens is 1. The lowest BCUT2D eigenvalue weighted by Gasteiger charge is -2.29. The Morgan fingerprint density at radius 1 is 1.06 bits per heavy atom. The molecule has 0 aliphatic carbocycles. The number of fused-ring (bicyclic) bond motifs is 1. The van der Waals surface area contributed by atoms with Crippen LogP contribution in [-0.4, -0.2) is 47.1 Å². The van der Waals surface area contributed by atoms with Crippen molar-refractivity contribution in [3.05, 3.63) is 82.5 Å². The lowest BCUT2D eigenvalue weighted by Crippen LogP contribution is -2.37. The van der Waals surface area contributed by atoms with Gasteiger partial charge in [-0.25, -0.2) is 4.98 Å². The van der Waals surface area contributed by atoms with Crippen LogP contribution >= 0.6 is 11.6 Å². The molecule has 0 bridgehead atoms. The number of aromatic nitrogens is 3. The maximum atomic E-state index is 6.06. The zero-order valence-corrected chi connectivity index (χ0v) is 18.7. The van der Waals surface area contributed by atoms with Gasteiger partial charge in [0.2, 0.25) is 0 Å². The molecule has 0 spiro atoms. The molecule has 1 aliphatic rings. The summed E-state index contributed by atoms with van der Waals surface area (Å²) in [6, 6.07) is 20.1. The lowest BCUT2D eigenvalue weighted by molar-refractivity contribution is 0.122. The number of aryl methyl sites for hydroxylation is 1. The topological polar surface area (TPSA) is 55.0 Å². The van der Waals surface area contributed by atoms with Crippen LogP contribution in [0.5, 0.6) is 0 Å². The van der Waals surface area contributed by atoms with E-state index in [0.29, 0.717) is 24.8 Å². The number of hydrogen-bond donors (Lipinski definition) is 0. The first-order chi connectivity index (χ1) is 15.7. The highest BCUT2D eigenvalue weighted by Gasteiger charge is 2.18. The van der Waals surface area contributed by atoms with Gasteiger partial charge in [-0.3, -0.25) is 4.99 Å². The molecule has 0 atom stereocenters. The normalized spacial score (nSPS) is 14.5. The Bertz CT molecular complexity index is 1260. The summed E-state index contributed by atoms with van der Waals surface area (Å²) < 4.78 is 7.47. The van der Waals surface area contributed by atoms with E-state index in [2.05, 4.69) is 41.1 Å². The van der Waals surface area contributed by atoms with E-state index in [-0.39, 0.29) is 0 Å². The second-order valence-corrected chi connectivity index (χ2v) is 8.33. The summed E-state index contributed by atoms with van der Waals surface area (Å²) >= 11 is 6.06. The number of rotatable bonds is 5. The van der Waals surface area contributed by atoms with E-state index in [0.717, 1.165) is 47.1 Å². The highest BCUT2D eigenvalue weighted by Crippen LogP contribution is 2.25. The molecule has 0 N–H and O–H groups in total. The zero-order chi connectivity index (χ0) is 21.9. The number of aliphatic imine (C=N–C) groups is 1. The van der Waals surface area contributed by atoms with Gasteiger partial charge in [-0.05, 0) is 24.6 Å². The van der Waals surface area contributed by atoms with Gasteiger partial charge in [0.05, 0.1) is 31.1 Å². The molecule has 162 valence electrons. The Labute approximate surface area is 192 Å². The molecule has 4 aromatic rings. The van der Waals surface area contributed by atoms with Crippen molar-refractivity contribution in [2.45, 2.75) is 13.5 Å². The molecule has 1 saturated heterocycles. The van der Waals surface area contributed by atoms with Gasteiger partial charge in [0.25, 0.3) is 0 Å². The quantitative estimate of drug-likeness (QED) is 0.413. The minimum Gasteiger partial charge on any atom is -0.378 e. The predicted octanol–water partition coefficient (Wildman–Crippen LogP) is 4.81. The van der Waals surface area contributed by atoms with Gasteiger partial charge < -0.3 is 9.64 Å². The zero-order valence-electron chi connectivity index (χ0n) is 17.9. The molecule has 6 nitrogen and oxygen atoms in total. The first kappa shape index (κ1) is 20.7. The molecular formula is C25H24ClN5O. The standard InChI is InChI=1S/C25H24ClN5O/c1-18-3-2-4-19(13-18)16-27-17-22-14-25(30-9-11-32-12-10-30)31-24(28-22)15-23(29-31)20-5-7-21(26)8-6-20/h2-8,13-16H,9-12,17H2,1H3. The van der Waals surface area contributed by atoms with E-state index in [1.165, 1.54) is 5.56 Å². The molecule has 0 saturated carbocycles.